The third-order valence-electron chi connectivity index (χ3n) is 2.06. The van der Waals surface area contributed by atoms with E-state index in [1.54, 1.807) is 25.7 Å². The second-order valence-corrected chi connectivity index (χ2v) is 4.57. The molecule has 0 saturated carbocycles. The normalized spacial score (nSPS) is 21.5. The summed E-state index contributed by atoms with van der Waals surface area (Å²) < 4.78 is 5.18. The van der Waals surface area contributed by atoms with Gasteiger partial charge in [0.15, 0.2) is 0 Å². The maximum Gasteiger partial charge on any atom is 0.331 e. The molecule has 1 aliphatic rings. The third kappa shape index (κ3) is 3.11. The molecule has 0 radical (unpaired) electrons. The van der Waals surface area contributed by atoms with Gasteiger partial charge in [0.1, 0.15) is 11.6 Å². The largest absolute Gasteiger partial charge is 0.458 e. The number of nitrogens with one attached hydrogen (secondary N) is 1. The maximum absolute atomic E-state index is 11.6. The summed E-state index contributed by atoms with van der Waals surface area (Å²) >= 11 is 0. The van der Waals surface area contributed by atoms with E-state index in [4.69, 9.17) is 4.74 Å². The molecule has 2 amide bonds. The summed E-state index contributed by atoms with van der Waals surface area (Å²) in [6.45, 7) is 8.28. The summed E-state index contributed by atoms with van der Waals surface area (Å²) in [6.07, 6.45) is 0. The monoisotopic (exact) mass is 214 g/mol. The average Bonchev–Trinajstić information content (AvgIpc) is 2.43. The summed E-state index contributed by atoms with van der Waals surface area (Å²) in [6, 6.07) is -0.731. The van der Waals surface area contributed by atoms with Crippen LogP contribution in [0.1, 0.15) is 27.7 Å². The Morgan fingerprint density at radius 2 is 2.20 bits per heavy atom. The molecule has 1 fully saturated rings. The van der Waals surface area contributed by atoms with E-state index >= 15 is 0 Å². The second-order valence-electron chi connectivity index (χ2n) is 4.57. The molecular formula is C10H18N2O3. The van der Waals surface area contributed by atoms with E-state index in [1.807, 2.05) is 6.92 Å². The number of likely N-dealkylation sites (N-methyl/N-ethyl adjacent to an activating group) is 1. The van der Waals surface area contributed by atoms with Crippen LogP contribution in [0.15, 0.2) is 0 Å². The van der Waals surface area contributed by atoms with Crippen LogP contribution in [0.2, 0.25) is 0 Å². The smallest absolute Gasteiger partial charge is 0.331 e. The highest BCUT2D eigenvalue weighted by Crippen LogP contribution is 2.11. The Labute approximate surface area is 89.8 Å². The standard InChI is InChI=1S/C10H18N2O3/c1-5-12-6-7(11-9(12)14)8(13)15-10(2,3)4/h7H,5-6H2,1-4H3,(H,11,14)/t7-/m0/s1. The van der Waals surface area contributed by atoms with Crippen LogP contribution < -0.4 is 5.32 Å². The molecule has 0 unspecified atom stereocenters. The number of hydrogen-bond donors (Lipinski definition) is 1. The molecule has 0 aromatic carbocycles. The minimum atomic E-state index is -0.531. The lowest BCUT2D eigenvalue weighted by atomic mass is 10.2. The predicted molar refractivity (Wildman–Crippen MR) is 55.4 cm³/mol. The van der Waals surface area contributed by atoms with Gasteiger partial charge in [0.05, 0.1) is 6.54 Å². The van der Waals surface area contributed by atoms with Crippen molar-refractivity contribution < 1.29 is 14.3 Å². The van der Waals surface area contributed by atoms with E-state index in [2.05, 4.69) is 5.32 Å². The second kappa shape index (κ2) is 4.08. The van der Waals surface area contributed by atoms with Crippen molar-refractivity contribution in [2.24, 2.45) is 0 Å². The van der Waals surface area contributed by atoms with Crippen molar-refractivity contribution in [2.45, 2.75) is 39.3 Å². The summed E-state index contributed by atoms with van der Waals surface area (Å²) in [5.74, 6) is -0.369. The van der Waals surface area contributed by atoms with Crippen LogP contribution >= 0.6 is 0 Å². The lowest BCUT2D eigenvalue weighted by molar-refractivity contribution is -0.156. The first-order valence-corrected chi connectivity index (χ1v) is 5.12. The quantitative estimate of drug-likeness (QED) is 0.690. The number of ether oxygens (including phenoxy) is 1. The molecule has 15 heavy (non-hydrogen) atoms. The number of hydrogen-bond acceptors (Lipinski definition) is 3. The number of rotatable bonds is 2. The van der Waals surface area contributed by atoms with Gasteiger partial charge in [-0.25, -0.2) is 9.59 Å². The van der Waals surface area contributed by atoms with Crippen molar-refractivity contribution in [1.29, 1.82) is 0 Å². The molecule has 0 bridgehead atoms. The van der Waals surface area contributed by atoms with Crippen LogP contribution in [0.3, 0.4) is 0 Å². The first-order chi connectivity index (χ1) is 6.83. The van der Waals surface area contributed by atoms with Gasteiger partial charge in [0.25, 0.3) is 0 Å². The predicted octanol–water partition coefficient (Wildman–Crippen LogP) is 0.742. The fourth-order valence-electron chi connectivity index (χ4n) is 1.37. The zero-order valence-electron chi connectivity index (χ0n) is 9.66. The van der Waals surface area contributed by atoms with Crippen LogP contribution in [0.25, 0.3) is 0 Å². The fourth-order valence-corrected chi connectivity index (χ4v) is 1.37. The Bertz CT molecular complexity index is 270. The lowest BCUT2D eigenvalue weighted by Crippen LogP contribution is -2.39. The van der Waals surface area contributed by atoms with Crippen molar-refractivity contribution >= 4 is 12.0 Å². The lowest BCUT2D eigenvalue weighted by Gasteiger charge is -2.21. The highest BCUT2D eigenvalue weighted by atomic mass is 16.6. The molecule has 1 heterocycles. The van der Waals surface area contributed by atoms with Crippen molar-refractivity contribution in [1.82, 2.24) is 10.2 Å². The topological polar surface area (TPSA) is 58.6 Å². The minimum Gasteiger partial charge on any atom is -0.458 e. The Morgan fingerprint density at radius 1 is 1.60 bits per heavy atom. The zero-order chi connectivity index (χ0) is 11.6. The summed E-state index contributed by atoms with van der Waals surface area (Å²) in [4.78, 5) is 24.5. The Kier molecular flexibility index (Phi) is 3.21. The van der Waals surface area contributed by atoms with Gasteiger partial charge in [-0.2, -0.15) is 0 Å². The summed E-state index contributed by atoms with van der Waals surface area (Å²) in [7, 11) is 0. The number of carbonyl (C=O) groups is 2. The van der Waals surface area contributed by atoms with E-state index < -0.39 is 11.6 Å². The zero-order valence-corrected chi connectivity index (χ0v) is 9.66. The summed E-state index contributed by atoms with van der Waals surface area (Å²) in [5.41, 5.74) is -0.512. The van der Waals surface area contributed by atoms with Gasteiger partial charge in [-0.05, 0) is 27.7 Å². The summed E-state index contributed by atoms with van der Waals surface area (Å²) in [5, 5.41) is 2.59. The van der Waals surface area contributed by atoms with Gasteiger partial charge in [-0.1, -0.05) is 0 Å². The minimum absolute atomic E-state index is 0.201. The SMILES string of the molecule is CCN1C[C@@H](C(=O)OC(C)(C)C)NC1=O. The first-order valence-electron chi connectivity index (χ1n) is 5.12. The number of nitrogens with zero attached hydrogens (tertiary/aromatic N) is 1. The van der Waals surface area contributed by atoms with Gasteiger partial charge < -0.3 is 15.0 Å². The van der Waals surface area contributed by atoms with Gasteiger partial charge >= 0.3 is 12.0 Å². The Hall–Kier alpha value is -1.26. The number of esters is 1. The van der Waals surface area contributed by atoms with Crippen LogP contribution in [0, 0.1) is 0 Å². The molecule has 0 aliphatic carbocycles. The first kappa shape index (κ1) is 11.8. The molecule has 0 aromatic rings. The van der Waals surface area contributed by atoms with Crippen LogP contribution in [-0.4, -0.2) is 41.6 Å². The molecule has 5 heteroatoms. The molecule has 0 aromatic heterocycles. The molecule has 1 aliphatic heterocycles. The molecular weight excluding hydrogens is 196 g/mol. The van der Waals surface area contributed by atoms with E-state index in [1.165, 1.54) is 0 Å². The van der Waals surface area contributed by atoms with E-state index in [9.17, 15) is 9.59 Å². The molecule has 0 spiro atoms. The maximum atomic E-state index is 11.6. The average molecular weight is 214 g/mol. The third-order valence-corrected chi connectivity index (χ3v) is 2.06. The van der Waals surface area contributed by atoms with E-state index in [0.717, 1.165) is 0 Å². The Morgan fingerprint density at radius 3 is 2.60 bits per heavy atom. The van der Waals surface area contributed by atoms with Crippen molar-refractivity contribution in [3.63, 3.8) is 0 Å². The highest BCUT2D eigenvalue weighted by molar-refractivity contribution is 5.87. The van der Waals surface area contributed by atoms with Gasteiger partial charge in [-0.3, -0.25) is 0 Å². The molecule has 1 saturated heterocycles. The van der Waals surface area contributed by atoms with Crippen LogP contribution in [0.5, 0.6) is 0 Å². The van der Waals surface area contributed by atoms with E-state index in [-0.39, 0.29) is 12.0 Å². The van der Waals surface area contributed by atoms with Crippen LogP contribution in [0.4, 0.5) is 4.79 Å². The van der Waals surface area contributed by atoms with E-state index in [0.29, 0.717) is 13.1 Å². The molecule has 1 atom stereocenters. The molecule has 1 N–H and O–H groups in total. The highest BCUT2D eigenvalue weighted by Gasteiger charge is 2.35. The van der Waals surface area contributed by atoms with Crippen molar-refractivity contribution in [2.75, 3.05) is 13.1 Å². The van der Waals surface area contributed by atoms with Crippen molar-refractivity contribution in [3.8, 4) is 0 Å². The van der Waals surface area contributed by atoms with Gasteiger partial charge in [0.2, 0.25) is 0 Å². The number of amides is 2. The molecule has 1 rings (SSSR count). The molecule has 86 valence electrons. The van der Waals surface area contributed by atoms with Crippen LogP contribution in [-0.2, 0) is 9.53 Å². The van der Waals surface area contributed by atoms with Gasteiger partial charge in [-0.15, -0.1) is 0 Å². The van der Waals surface area contributed by atoms with Gasteiger partial charge in [0, 0.05) is 6.54 Å². The number of urea groups is 1. The molecule has 5 nitrogen and oxygen atoms in total. The van der Waals surface area contributed by atoms with Crippen molar-refractivity contribution in [3.05, 3.63) is 0 Å². The fraction of sp³-hybridized carbons (Fsp3) is 0.800. The Balaban J connectivity index is 2.53. The number of carbonyl (C=O) groups excluding carboxylic acids is 2.